The summed E-state index contributed by atoms with van der Waals surface area (Å²) in [6, 6.07) is 22.5. The molecule has 4 aromatic rings. The Morgan fingerprint density at radius 1 is 0.900 bits per heavy atom. The quantitative estimate of drug-likeness (QED) is 0.460. The molecule has 0 radical (unpaired) electrons. The van der Waals surface area contributed by atoms with Gasteiger partial charge in [0.2, 0.25) is 0 Å². The average Bonchev–Trinajstić information content (AvgIpc) is 2.75. The van der Waals surface area contributed by atoms with E-state index in [9.17, 15) is 9.18 Å². The Hall–Kier alpha value is -4.06. The van der Waals surface area contributed by atoms with E-state index in [0.29, 0.717) is 22.8 Å². The molecule has 6 heteroatoms. The van der Waals surface area contributed by atoms with Crippen LogP contribution in [0.4, 0.5) is 21.6 Å². The minimum absolute atomic E-state index is 0.195. The minimum Gasteiger partial charge on any atom is -0.340 e. The normalized spacial score (nSPS) is 10.5. The van der Waals surface area contributed by atoms with E-state index in [0.717, 1.165) is 16.9 Å². The molecule has 0 fully saturated rings. The predicted molar refractivity (Wildman–Crippen MR) is 116 cm³/mol. The second-order valence-electron chi connectivity index (χ2n) is 6.80. The van der Waals surface area contributed by atoms with E-state index in [4.69, 9.17) is 0 Å². The smallest absolute Gasteiger partial charge is 0.255 e. The van der Waals surface area contributed by atoms with Crippen LogP contribution in [0.2, 0.25) is 0 Å². The number of carbonyl (C=O) groups is 1. The number of benzene rings is 3. The van der Waals surface area contributed by atoms with E-state index in [1.165, 1.54) is 12.1 Å². The molecule has 1 aromatic heterocycles. The maximum Gasteiger partial charge on any atom is 0.255 e. The largest absolute Gasteiger partial charge is 0.340 e. The van der Waals surface area contributed by atoms with Crippen molar-refractivity contribution in [3.05, 3.63) is 102 Å². The van der Waals surface area contributed by atoms with Crippen LogP contribution in [0.3, 0.4) is 0 Å². The van der Waals surface area contributed by atoms with Crippen LogP contribution in [-0.2, 0) is 0 Å². The Kier molecular flexibility index (Phi) is 5.48. The van der Waals surface area contributed by atoms with Gasteiger partial charge in [-0.3, -0.25) is 4.79 Å². The number of rotatable bonds is 5. The average molecular weight is 398 g/mol. The Labute approximate surface area is 173 Å². The summed E-state index contributed by atoms with van der Waals surface area (Å²) >= 11 is 0. The molecule has 0 spiro atoms. The van der Waals surface area contributed by atoms with Crippen LogP contribution in [0.25, 0.3) is 11.4 Å². The molecule has 0 aliphatic rings. The van der Waals surface area contributed by atoms with Gasteiger partial charge in [0.1, 0.15) is 11.6 Å². The molecule has 0 saturated carbocycles. The van der Waals surface area contributed by atoms with Gasteiger partial charge in [-0.25, -0.2) is 14.4 Å². The minimum atomic E-state index is -0.311. The molecular weight excluding hydrogens is 379 g/mol. The monoisotopic (exact) mass is 398 g/mol. The Balaban J connectivity index is 1.51. The second kappa shape index (κ2) is 8.53. The molecule has 148 valence electrons. The fourth-order valence-corrected chi connectivity index (χ4v) is 2.98. The third-order valence-electron chi connectivity index (χ3n) is 4.43. The van der Waals surface area contributed by atoms with Gasteiger partial charge in [0.15, 0.2) is 5.82 Å². The zero-order chi connectivity index (χ0) is 20.9. The molecule has 2 N–H and O–H groups in total. The van der Waals surface area contributed by atoms with E-state index in [-0.39, 0.29) is 11.7 Å². The van der Waals surface area contributed by atoms with Crippen LogP contribution >= 0.6 is 0 Å². The number of halogens is 1. The van der Waals surface area contributed by atoms with Gasteiger partial charge in [-0.05, 0) is 73.2 Å². The number of hydrogen-bond acceptors (Lipinski definition) is 4. The van der Waals surface area contributed by atoms with Crippen molar-refractivity contribution in [1.82, 2.24) is 9.97 Å². The topological polar surface area (TPSA) is 66.9 Å². The maximum atomic E-state index is 13.1. The van der Waals surface area contributed by atoms with Crippen LogP contribution < -0.4 is 10.6 Å². The predicted octanol–water partition coefficient (Wildman–Crippen LogP) is 5.59. The highest BCUT2D eigenvalue weighted by Crippen LogP contribution is 2.21. The van der Waals surface area contributed by atoms with Crippen LogP contribution in [0.1, 0.15) is 15.9 Å². The number of amides is 1. The van der Waals surface area contributed by atoms with Gasteiger partial charge in [0.25, 0.3) is 5.91 Å². The molecular formula is C24H19FN4O. The summed E-state index contributed by atoms with van der Waals surface area (Å²) in [5, 5.41) is 6.09. The van der Waals surface area contributed by atoms with Crippen molar-refractivity contribution < 1.29 is 9.18 Å². The molecule has 0 aliphatic carbocycles. The standard InChI is InChI=1S/C24H19FN4O/c1-16-4-2-6-20(14-16)28-24(30)18-5-3-7-21(15-18)27-22-12-13-26-23(29-22)17-8-10-19(25)11-9-17/h2-15H,1H3,(H,28,30)(H,26,27,29). The lowest BCUT2D eigenvalue weighted by Gasteiger charge is -2.10. The van der Waals surface area contributed by atoms with Crippen LogP contribution in [0, 0.1) is 12.7 Å². The number of nitrogens with one attached hydrogen (secondary N) is 2. The molecule has 0 unspecified atom stereocenters. The van der Waals surface area contributed by atoms with Crippen molar-refractivity contribution in [2.24, 2.45) is 0 Å². The van der Waals surface area contributed by atoms with E-state index < -0.39 is 0 Å². The lowest BCUT2D eigenvalue weighted by Crippen LogP contribution is -2.12. The van der Waals surface area contributed by atoms with Gasteiger partial charge in [-0.15, -0.1) is 0 Å². The molecule has 0 aliphatic heterocycles. The first-order valence-corrected chi connectivity index (χ1v) is 9.41. The van der Waals surface area contributed by atoms with Gasteiger partial charge in [-0.1, -0.05) is 18.2 Å². The summed E-state index contributed by atoms with van der Waals surface area (Å²) in [5.74, 6) is 0.543. The van der Waals surface area contributed by atoms with Gasteiger partial charge in [0.05, 0.1) is 0 Å². The summed E-state index contributed by atoms with van der Waals surface area (Å²) in [6.07, 6.45) is 1.63. The first-order valence-electron chi connectivity index (χ1n) is 9.41. The number of nitrogens with zero attached hydrogens (tertiary/aromatic N) is 2. The van der Waals surface area contributed by atoms with Crippen molar-refractivity contribution in [2.45, 2.75) is 6.92 Å². The van der Waals surface area contributed by atoms with Gasteiger partial charge in [0, 0.05) is 28.7 Å². The van der Waals surface area contributed by atoms with Gasteiger partial charge < -0.3 is 10.6 Å². The van der Waals surface area contributed by atoms with Crippen LogP contribution in [-0.4, -0.2) is 15.9 Å². The molecule has 0 saturated heterocycles. The Bertz CT molecular complexity index is 1190. The van der Waals surface area contributed by atoms with Crippen LogP contribution in [0.5, 0.6) is 0 Å². The highest BCUT2D eigenvalue weighted by atomic mass is 19.1. The molecule has 0 atom stereocenters. The lowest BCUT2D eigenvalue weighted by molar-refractivity contribution is 0.102. The fourth-order valence-electron chi connectivity index (χ4n) is 2.98. The Morgan fingerprint density at radius 2 is 1.67 bits per heavy atom. The van der Waals surface area contributed by atoms with Gasteiger partial charge in [-0.2, -0.15) is 0 Å². The summed E-state index contributed by atoms with van der Waals surface area (Å²) in [7, 11) is 0. The summed E-state index contributed by atoms with van der Waals surface area (Å²) in [6.45, 7) is 1.97. The number of hydrogen-bond donors (Lipinski definition) is 2. The summed E-state index contributed by atoms with van der Waals surface area (Å²) < 4.78 is 13.1. The first-order chi connectivity index (χ1) is 14.6. The number of aromatic nitrogens is 2. The molecule has 30 heavy (non-hydrogen) atoms. The molecule has 0 bridgehead atoms. The number of carbonyl (C=O) groups excluding carboxylic acids is 1. The van der Waals surface area contributed by atoms with Crippen molar-refractivity contribution >= 4 is 23.1 Å². The first kappa shape index (κ1) is 19.3. The molecule has 1 heterocycles. The number of aryl methyl sites for hydroxylation is 1. The third kappa shape index (κ3) is 4.67. The highest BCUT2D eigenvalue weighted by molar-refractivity contribution is 6.04. The molecule has 1 amide bonds. The highest BCUT2D eigenvalue weighted by Gasteiger charge is 2.08. The van der Waals surface area contributed by atoms with Gasteiger partial charge >= 0.3 is 0 Å². The summed E-state index contributed by atoms with van der Waals surface area (Å²) in [5.41, 5.74) is 3.78. The Morgan fingerprint density at radius 3 is 2.47 bits per heavy atom. The van der Waals surface area contributed by atoms with Crippen LogP contribution in [0.15, 0.2) is 85.1 Å². The van der Waals surface area contributed by atoms with E-state index in [1.807, 2.05) is 37.3 Å². The zero-order valence-corrected chi connectivity index (χ0v) is 16.3. The molecule has 5 nitrogen and oxygen atoms in total. The zero-order valence-electron chi connectivity index (χ0n) is 16.3. The molecule has 4 rings (SSSR count). The van der Waals surface area contributed by atoms with Crippen molar-refractivity contribution in [3.8, 4) is 11.4 Å². The number of anilines is 3. The maximum absolute atomic E-state index is 13.1. The third-order valence-corrected chi connectivity index (χ3v) is 4.43. The SMILES string of the molecule is Cc1cccc(NC(=O)c2cccc(Nc3ccnc(-c4ccc(F)cc4)n3)c2)c1. The summed E-state index contributed by atoms with van der Waals surface area (Å²) in [4.78, 5) is 21.3. The fraction of sp³-hybridized carbons (Fsp3) is 0.0417. The van der Waals surface area contributed by atoms with Crippen molar-refractivity contribution in [2.75, 3.05) is 10.6 Å². The van der Waals surface area contributed by atoms with Crippen molar-refractivity contribution in [1.29, 1.82) is 0 Å². The lowest BCUT2D eigenvalue weighted by atomic mass is 10.1. The second-order valence-corrected chi connectivity index (χ2v) is 6.80. The van der Waals surface area contributed by atoms with Crippen molar-refractivity contribution in [3.63, 3.8) is 0 Å². The van der Waals surface area contributed by atoms with E-state index in [1.54, 1.807) is 42.6 Å². The molecule has 3 aromatic carbocycles. The van der Waals surface area contributed by atoms with E-state index >= 15 is 0 Å². The van der Waals surface area contributed by atoms with E-state index in [2.05, 4.69) is 20.6 Å².